The molecule has 0 heterocycles. The summed E-state index contributed by atoms with van der Waals surface area (Å²) in [5.74, 6) is -0.695. The number of esters is 1. The van der Waals surface area contributed by atoms with Crippen molar-refractivity contribution in [3.05, 3.63) is 59.7 Å². The molecular formula is C22H29N4O5S+. The van der Waals surface area contributed by atoms with Gasteiger partial charge in [-0.1, -0.05) is 6.07 Å². The van der Waals surface area contributed by atoms with Gasteiger partial charge >= 0.3 is 5.97 Å². The summed E-state index contributed by atoms with van der Waals surface area (Å²) in [5.41, 5.74) is 6.24. The van der Waals surface area contributed by atoms with Crippen molar-refractivity contribution in [2.24, 2.45) is 5.73 Å². The van der Waals surface area contributed by atoms with Gasteiger partial charge in [-0.15, -0.1) is 0 Å². The van der Waals surface area contributed by atoms with Crippen molar-refractivity contribution >= 4 is 33.4 Å². The molecule has 0 aliphatic heterocycles. The lowest BCUT2D eigenvalue weighted by atomic mass is 10.1. The fourth-order valence-corrected chi connectivity index (χ4v) is 3.75. The quantitative estimate of drug-likeness (QED) is 0.188. The maximum atomic E-state index is 12.4. The van der Waals surface area contributed by atoms with E-state index in [1.54, 1.807) is 57.2 Å². The van der Waals surface area contributed by atoms with Crippen LogP contribution < -0.4 is 21.2 Å². The van der Waals surface area contributed by atoms with Crippen LogP contribution in [0.2, 0.25) is 0 Å². The van der Waals surface area contributed by atoms with Gasteiger partial charge in [0.2, 0.25) is 15.9 Å². The number of rotatable bonds is 9. The van der Waals surface area contributed by atoms with Gasteiger partial charge in [0, 0.05) is 18.7 Å². The molecule has 1 amide bonds. The Kier molecular flexibility index (Phi) is 8.12. The highest BCUT2D eigenvalue weighted by atomic mass is 32.2. The van der Waals surface area contributed by atoms with E-state index in [1.807, 2.05) is 0 Å². The predicted octanol–water partition coefficient (Wildman–Crippen LogP) is 0.804. The number of hydrogen-bond donors (Lipinski definition) is 4. The molecule has 10 heteroatoms. The number of amidine groups is 1. The number of carbonyl (C=O) groups is 2. The Labute approximate surface area is 187 Å². The highest BCUT2D eigenvalue weighted by Crippen LogP contribution is 2.15. The molecule has 0 unspecified atom stereocenters. The van der Waals surface area contributed by atoms with Crippen LogP contribution in [0, 0.1) is 0 Å². The normalized spacial score (nSPS) is 11.6. The van der Waals surface area contributed by atoms with Gasteiger partial charge in [-0.3, -0.25) is 15.9 Å². The minimum absolute atomic E-state index is 0.0258. The zero-order chi connectivity index (χ0) is 23.9. The maximum absolute atomic E-state index is 12.4. The molecule has 2 aromatic rings. The van der Waals surface area contributed by atoms with Crippen molar-refractivity contribution in [3.8, 4) is 0 Å². The Hall–Kier alpha value is -3.24. The Morgan fingerprint density at radius 1 is 1.06 bits per heavy atom. The van der Waals surface area contributed by atoms with E-state index in [2.05, 4.69) is 10.0 Å². The van der Waals surface area contributed by atoms with Gasteiger partial charge < -0.3 is 10.1 Å². The van der Waals surface area contributed by atoms with Gasteiger partial charge in [0.25, 0.3) is 5.84 Å². The van der Waals surface area contributed by atoms with Crippen molar-refractivity contribution in [1.82, 2.24) is 4.72 Å². The Bertz CT molecular complexity index is 1090. The van der Waals surface area contributed by atoms with Gasteiger partial charge in [0.1, 0.15) is 5.60 Å². The first-order chi connectivity index (χ1) is 14.9. The van der Waals surface area contributed by atoms with E-state index < -0.39 is 21.6 Å². The summed E-state index contributed by atoms with van der Waals surface area (Å²) in [5, 5.41) is 8.21. The predicted molar refractivity (Wildman–Crippen MR) is 121 cm³/mol. The molecule has 2 aromatic carbocycles. The molecule has 0 aromatic heterocycles. The largest absolute Gasteiger partial charge is 0.456 e. The fraction of sp³-hybridized carbons (Fsp3) is 0.318. The molecule has 0 fully saturated rings. The number of sulfonamides is 1. The molecule has 0 bridgehead atoms. The van der Waals surface area contributed by atoms with Crippen LogP contribution in [0.25, 0.3) is 0 Å². The van der Waals surface area contributed by atoms with Crippen LogP contribution in [-0.2, 0) is 19.6 Å². The monoisotopic (exact) mass is 461 g/mol. The van der Waals surface area contributed by atoms with E-state index in [9.17, 15) is 18.0 Å². The third-order valence-electron chi connectivity index (χ3n) is 4.15. The highest BCUT2D eigenvalue weighted by molar-refractivity contribution is 7.89. The van der Waals surface area contributed by atoms with Crippen LogP contribution in [0.5, 0.6) is 0 Å². The zero-order valence-electron chi connectivity index (χ0n) is 18.3. The highest BCUT2D eigenvalue weighted by Gasteiger charge is 2.18. The van der Waals surface area contributed by atoms with E-state index >= 15 is 0 Å². The molecule has 0 saturated heterocycles. The van der Waals surface area contributed by atoms with Crippen LogP contribution in [0.4, 0.5) is 5.69 Å². The molecule has 9 nitrogen and oxygen atoms in total. The third-order valence-corrected chi connectivity index (χ3v) is 5.61. The molecule has 0 saturated carbocycles. The number of ether oxygens (including phenoxy) is 1. The number of benzene rings is 2. The van der Waals surface area contributed by atoms with Gasteiger partial charge in [-0.2, -0.15) is 0 Å². The van der Waals surface area contributed by atoms with Crippen LogP contribution in [0.15, 0.2) is 53.4 Å². The smallest absolute Gasteiger partial charge is 0.338 e. The molecule has 2 rings (SSSR count). The number of nitrogens with two attached hydrogens (primary N) is 2. The molecule has 0 spiro atoms. The van der Waals surface area contributed by atoms with Crippen LogP contribution >= 0.6 is 0 Å². The lowest BCUT2D eigenvalue weighted by Crippen LogP contribution is -2.46. The standard InChI is InChI=1S/C22H28N4O5S/c1-22(2,3)31-21(28)15-9-11-17(12-10-15)26-19(27)8-5-13-25-32(29,30)18-7-4-6-16(14-18)20(23)24/h4,6-7,9-12,14,25H,5,8,13H2,1-3H3,(H3,23,24)(H,26,27)/p+1. The Morgan fingerprint density at radius 3 is 2.31 bits per heavy atom. The fourth-order valence-electron chi connectivity index (χ4n) is 2.63. The summed E-state index contributed by atoms with van der Waals surface area (Å²) in [6, 6.07) is 12.3. The summed E-state index contributed by atoms with van der Waals surface area (Å²) in [6.07, 6.45) is 0.409. The lowest BCUT2D eigenvalue weighted by molar-refractivity contribution is -0.116. The van der Waals surface area contributed by atoms with E-state index in [0.717, 1.165) is 0 Å². The summed E-state index contributed by atoms with van der Waals surface area (Å²) in [4.78, 5) is 24.2. The van der Waals surface area contributed by atoms with Gasteiger partial charge in [0.05, 0.1) is 16.0 Å². The number of hydrogen-bond acceptors (Lipinski definition) is 5. The first kappa shape index (κ1) is 25.0. The van der Waals surface area contributed by atoms with Crippen LogP contribution in [0.3, 0.4) is 0 Å². The molecule has 6 N–H and O–H groups in total. The van der Waals surface area contributed by atoms with Gasteiger partial charge in [-0.05, 0) is 69.7 Å². The first-order valence-corrected chi connectivity index (χ1v) is 11.5. The molecule has 0 radical (unpaired) electrons. The minimum atomic E-state index is -3.75. The molecule has 0 aliphatic carbocycles. The topological polar surface area (TPSA) is 153 Å². The van der Waals surface area contributed by atoms with E-state index in [-0.39, 0.29) is 29.6 Å². The van der Waals surface area contributed by atoms with Crippen LogP contribution in [0.1, 0.15) is 49.5 Å². The second-order valence-corrected chi connectivity index (χ2v) is 9.88. The summed E-state index contributed by atoms with van der Waals surface area (Å²) in [7, 11) is -3.75. The molecule has 32 heavy (non-hydrogen) atoms. The number of carbonyl (C=O) groups excluding carboxylic acids is 2. The average Bonchev–Trinajstić information content (AvgIpc) is 2.70. The van der Waals surface area contributed by atoms with Crippen LogP contribution in [-0.4, -0.2) is 38.3 Å². The Morgan fingerprint density at radius 2 is 1.72 bits per heavy atom. The van der Waals surface area contributed by atoms with Gasteiger partial charge in [-0.25, -0.2) is 17.9 Å². The maximum Gasteiger partial charge on any atom is 0.338 e. The van der Waals surface area contributed by atoms with E-state index in [4.69, 9.17) is 15.9 Å². The second kappa shape index (κ2) is 10.4. The van der Waals surface area contributed by atoms with E-state index in [1.165, 1.54) is 12.1 Å². The summed E-state index contributed by atoms with van der Waals surface area (Å²) < 4.78 is 32.5. The second-order valence-electron chi connectivity index (χ2n) is 8.11. The molecular weight excluding hydrogens is 432 g/mol. The number of nitrogens with one attached hydrogen (secondary N) is 2. The third kappa shape index (κ3) is 7.78. The van der Waals surface area contributed by atoms with Crippen molar-refractivity contribution in [2.75, 3.05) is 11.9 Å². The van der Waals surface area contributed by atoms with Crippen molar-refractivity contribution in [2.45, 2.75) is 44.1 Å². The first-order valence-electron chi connectivity index (χ1n) is 9.99. The molecule has 172 valence electrons. The Balaban J connectivity index is 1.82. The molecule has 0 atom stereocenters. The lowest BCUT2D eigenvalue weighted by Gasteiger charge is -2.19. The van der Waals surface area contributed by atoms with Crippen molar-refractivity contribution < 1.29 is 28.2 Å². The summed E-state index contributed by atoms with van der Waals surface area (Å²) >= 11 is 0. The number of amides is 1. The van der Waals surface area contributed by atoms with E-state index in [0.29, 0.717) is 23.2 Å². The summed E-state index contributed by atoms with van der Waals surface area (Å²) in [6.45, 7) is 5.43. The van der Waals surface area contributed by atoms with Crippen molar-refractivity contribution in [3.63, 3.8) is 0 Å². The molecule has 0 aliphatic rings. The SMILES string of the molecule is CC(C)(C)OC(=O)c1ccc(NC(=O)CCCNS(=O)(=O)c2cccc(C(N)=[NH2+])c2)cc1. The number of anilines is 1. The van der Waals surface area contributed by atoms with Crippen molar-refractivity contribution in [1.29, 1.82) is 0 Å². The van der Waals surface area contributed by atoms with Gasteiger partial charge in [0.15, 0.2) is 0 Å². The minimum Gasteiger partial charge on any atom is -0.456 e. The average molecular weight is 462 g/mol. The zero-order valence-corrected chi connectivity index (χ0v) is 19.2.